The fourth-order valence-corrected chi connectivity index (χ4v) is 4.96. The van der Waals surface area contributed by atoms with Gasteiger partial charge in [0.05, 0.1) is 33.5 Å². The Kier molecular flexibility index (Phi) is 17.3. The number of carbonyl (C=O) groups excluding carboxylic acids is 4. The Morgan fingerprint density at radius 1 is 0.500 bits per heavy atom. The molecule has 0 aliphatic heterocycles. The maximum Gasteiger partial charge on any atom is 0.345 e. The SMILES string of the molecule is COc1ccc(-c2nc(Nc3ccc(C=C(C(=O)OCC(C)C)C(=O)OCC(C)C)cc3)nc(Nc3ccc(C=C(C(=O)OCC(C)C)C(=O)OCC(C)C)cc3)n2)cc1. The highest BCUT2D eigenvalue weighted by atomic mass is 16.6. The molecule has 0 aliphatic rings. The van der Waals surface area contributed by atoms with Gasteiger partial charge < -0.3 is 34.3 Å². The van der Waals surface area contributed by atoms with Gasteiger partial charge in [-0.25, -0.2) is 19.2 Å². The van der Waals surface area contributed by atoms with Gasteiger partial charge in [-0.05, 0) is 95.5 Å². The minimum atomic E-state index is -0.754. The van der Waals surface area contributed by atoms with Crippen molar-refractivity contribution < 1.29 is 42.9 Å². The average molecular weight is 822 g/mol. The zero-order valence-electron chi connectivity index (χ0n) is 35.7. The zero-order valence-corrected chi connectivity index (χ0v) is 35.7. The zero-order chi connectivity index (χ0) is 43.8. The van der Waals surface area contributed by atoms with E-state index >= 15 is 0 Å². The molecule has 0 spiro atoms. The van der Waals surface area contributed by atoms with Crippen LogP contribution in [-0.4, -0.2) is 72.4 Å². The molecule has 0 atom stereocenters. The summed E-state index contributed by atoms with van der Waals surface area (Å²) in [5.41, 5.74) is 2.66. The van der Waals surface area contributed by atoms with Crippen LogP contribution in [0.15, 0.2) is 83.9 Å². The molecule has 0 saturated carbocycles. The normalized spacial score (nSPS) is 10.9. The maximum absolute atomic E-state index is 12.9. The summed E-state index contributed by atoms with van der Waals surface area (Å²) in [6.45, 7) is 15.9. The Hall–Kier alpha value is -6.57. The van der Waals surface area contributed by atoms with Crippen molar-refractivity contribution in [2.75, 3.05) is 44.2 Å². The third-order valence-electron chi connectivity index (χ3n) is 8.01. The quantitative estimate of drug-likeness (QED) is 0.0285. The third kappa shape index (κ3) is 15.0. The molecule has 1 heterocycles. The monoisotopic (exact) mass is 821 g/mol. The van der Waals surface area contributed by atoms with Crippen molar-refractivity contribution in [1.82, 2.24) is 15.0 Å². The lowest BCUT2D eigenvalue weighted by atomic mass is 10.1. The summed E-state index contributed by atoms with van der Waals surface area (Å²) in [7, 11) is 1.58. The molecule has 0 saturated heterocycles. The summed E-state index contributed by atoms with van der Waals surface area (Å²) in [5, 5.41) is 6.43. The fourth-order valence-electron chi connectivity index (χ4n) is 4.96. The first-order valence-corrected chi connectivity index (χ1v) is 19.9. The van der Waals surface area contributed by atoms with Gasteiger partial charge in [-0.2, -0.15) is 15.0 Å². The number of hydrogen-bond donors (Lipinski definition) is 2. The van der Waals surface area contributed by atoms with E-state index in [0.29, 0.717) is 39.6 Å². The number of aromatic nitrogens is 3. The van der Waals surface area contributed by atoms with Gasteiger partial charge in [-0.15, -0.1) is 0 Å². The Morgan fingerprint density at radius 2 is 0.833 bits per heavy atom. The van der Waals surface area contributed by atoms with Crippen molar-refractivity contribution in [2.45, 2.75) is 55.4 Å². The first kappa shape index (κ1) is 46.1. The topological polar surface area (TPSA) is 177 Å². The van der Waals surface area contributed by atoms with E-state index < -0.39 is 23.9 Å². The number of nitrogens with zero attached hydrogens (tertiary/aromatic N) is 3. The van der Waals surface area contributed by atoms with Gasteiger partial charge in [0, 0.05) is 16.9 Å². The predicted molar refractivity (Wildman–Crippen MR) is 230 cm³/mol. The Labute approximate surface area is 351 Å². The van der Waals surface area contributed by atoms with Gasteiger partial charge in [0.15, 0.2) is 5.82 Å². The molecule has 0 amide bonds. The summed E-state index contributed by atoms with van der Waals surface area (Å²) in [6.07, 6.45) is 2.89. The molecular formula is C46H55N5O9. The number of nitrogens with one attached hydrogen (secondary N) is 2. The van der Waals surface area contributed by atoms with E-state index in [2.05, 4.69) is 25.6 Å². The van der Waals surface area contributed by atoms with E-state index in [1.807, 2.05) is 67.5 Å². The van der Waals surface area contributed by atoms with E-state index in [1.54, 1.807) is 67.8 Å². The highest BCUT2D eigenvalue weighted by Crippen LogP contribution is 2.25. The van der Waals surface area contributed by atoms with Crippen molar-refractivity contribution in [1.29, 1.82) is 0 Å². The minimum Gasteiger partial charge on any atom is -0.497 e. The van der Waals surface area contributed by atoms with Crippen LogP contribution in [0.2, 0.25) is 0 Å². The molecule has 0 fully saturated rings. The van der Waals surface area contributed by atoms with E-state index in [1.165, 1.54) is 12.2 Å². The Bertz CT molecular complexity index is 1950. The number of hydrogen-bond acceptors (Lipinski definition) is 14. The van der Waals surface area contributed by atoms with Crippen molar-refractivity contribution in [3.63, 3.8) is 0 Å². The number of ether oxygens (including phenoxy) is 5. The van der Waals surface area contributed by atoms with Gasteiger partial charge >= 0.3 is 23.9 Å². The van der Waals surface area contributed by atoms with Crippen LogP contribution in [0.1, 0.15) is 66.5 Å². The molecule has 3 aromatic carbocycles. The van der Waals surface area contributed by atoms with Crippen molar-refractivity contribution in [2.24, 2.45) is 23.7 Å². The van der Waals surface area contributed by atoms with E-state index in [-0.39, 0.29) is 73.1 Å². The summed E-state index contributed by atoms with van der Waals surface area (Å²) < 4.78 is 26.8. The number of methoxy groups -OCH3 is 1. The fraction of sp³-hybridized carbons (Fsp3) is 0.370. The van der Waals surface area contributed by atoms with Gasteiger partial charge in [0.1, 0.15) is 16.9 Å². The van der Waals surface area contributed by atoms with Crippen LogP contribution in [0.3, 0.4) is 0 Å². The number of anilines is 4. The molecule has 14 nitrogen and oxygen atoms in total. The minimum absolute atomic E-state index is 0.0892. The molecule has 0 radical (unpaired) electrons. The lowest BCUT2D eigenvalue weighted by Crippen LogP contribution is -2.21. The van der Waals surface area contributed by atoms with Crippen LogP contribution in [0.4, 0.5) is 23.3 Å². The van der Waals surface area contributed by atoms with Crippen LogP contribution in [0.5, 0.6) is 5.75 Å². The summed E-state index contributed by atoms with van der Waals surface area (Å²) in [5.74, 6) is -1.18. The second-order valence-electron chi connectivity index (χ2n) is 15.6. The standard InChI is InChI=1S/C46H55N5O9/c1-28(2)24-57-41(52)38(42(53)58-25-29(3)4)22-32-10-16-35(17-11-32)47-45-49-40(34-14-20-37(56-9)21-15-34)50-46(51-45)48-36-18-12-33(13-19-36)23-39(43(54)59-26-30(5)6)44(55)60-27-31(7)8/h10-23,28-31H,24-27H2,1-9H3,(H2,47,48,49,50,51). The van der Waals surface area contributed by atoms with Crippen LogP contribution >= 0.6 is 0 Å². The lowest BCUT2D eigenvalue weighted by Gasteiger charge is -2.12. The molecule has 14 heteroatoms. The smallest absolute Gasteiger partial charge is 0.345 e. The summed E-state index contributed by atoms with van der Waals surface area (Å²) in [6, 6.07) is 21.2. The van der Waals surface area contributed by atoms with E-state index in [4.69, 9.17) is 23.7 Å². The number of carbonyl (C=O) groups is 4. The summed E-state index contributed by atoms with van der Waals surface area (Å²) >= 11 is 0. The highest BCUT2D eigenvalue weighted by Gasteiger charge is 2.24. The summed E-state index contributed by atoms with van der Waals surface area (Å²) in [4.78, 5) is 65.6. The number of esters is 4. The largest absolute Gasteiger partial charge is 0.497 e. The first-order chi connectivity index (χ1) is 28.6. The van der Waals surface area contributed by atoms with Gasteiger partial charge in [0.25, 0.3) is 0 Å². The third-order valence-corrected chi connectivity index (χ3v) is 8.01. The molecule has 318 valence electrons. The Morgan fingerprint density at radius 3 is 1.13 bits per heavy atom. The molecule has 0 bridgehead atoms. The molecule has 60 heavy (non-hydrogen) atoms. The van der Waals surface area contributed by atoms with Gasteiger partial charge in [-0.1, -0.05) is 79.7 Å². The van der Waals surface area contributed by atoms with E-state index in [9.17, 15) is 19.2 Å². The second-order valence-corrected chi connectivity index (χ2v) is 15.6. The van der Waals surface area contributed by atoms with Crippen LogP contribution in [0, 0.1) is 23.7 Å². The molecule has 2 N–H and O–H groups in total. The predicted octanol–water partition coefficient (Wildman–Crippen LogP) is 8.60. The maximum atomic E-state index is 12.9. The number of rotatable bonds is 20. The van der Waals surface area contributed by atoms with Crippen LogP contribution in [0.25, 0.3) is 23.5 Å². The molecule has 0 unspecified atom stereocenters. The molecule has 4 aromatic rings. The lowest BCUT2D eigenvalue weighted by molar-refractivity contribution is -0.149. The van der Waals surface area contributed by atoms with Crippen LogP contribution < -0.4 is 15.4 Å². The van der Waals surface area contributed by atoms with Gasteiger partial charge in [0.2, 0.25) is 11.9 Å². The molecular weight excluding hydrogens is 767 g/mol. The molecule has 0 aliphatic carbocycles. The van der Waals surface area contributed by atoms with Crippen molar-refractivity contribution >= 4 is 59.3 Å². The molecule has 1 aromatic heterocycles. The van der Waals surface area contributed by atoms with Crippen molar-refractivity contribution in [3.8, 4) is 17.1 Å². The second kappa shape index (κ2) is 22.5. The molecule has 4 rings (SSSR count). The number of benzene rings is 3. The van der Waals surface area contributed by atoms with Crippen LogP contribution in [-0.2, 0) is 38.1 Å². The highest BCUT2D eigenvalue weighted by molar-refractivity contribution is 6.18. The average Bonchev–Trinajstić information content (AvgIpc) is 3.22. The van der Waals surface area contributed by atoms with Crippen molar-refractivity contribution in [3.05, 3.63) is 95.1 Å². The first-order valence-electron chi connectivity index (χ1n) is 19.9. The Balaban J connectivity index is 1.62. The van der Waals surface area contributed by atoms with Gasteiger partial charge in [-0.3, -0.25) is 0 Å². The van der Waals surface area contributed by atoms with E-state index in [0.717, 1.165) is 0 Å².